The van der Waals surface area contributed by atoms with Crippen LogP contribution in [0.1, 0.15) is 71.4 Å². The quantitative estimate of drug-likeness (QED) is 0.237. The van der Waals surface area contributed by atoms with Crippen LogP contribution in [0.25, 0.3) is 0 Å². The van der Waals surface area contributed by atoms with Crippen LogP contribution in [0.3, 0.4) is 0 Å². The van der Waals surface area contributed by atoms with Gasteiger partial charge in [0.15, 0.2) is 5.78 Å². The van der Waals surface area contributed by atoms with Gasteiger partial charge in [-0.2, -0.15) is 0 Å². The van der Waals surface area contributed by atoms with Crippen molar-refractivity contribution in [2.24, 2.45) is 0 Å². The van der Waals surface area contributed by atoms with Crippen LogP contribution in [0.15, 0.2) is 47.1 Å². The first-order chi connectivity index (χ1) is 15.4. The first kappa shape index (κ1) is 26.9. The molecule has 0 saturated carbocycles. The fourth-order valence-electron chi connectivity index (χ4n) is 4.02. The molecule has 1 aliphatic heterocycles. The number of methoxy groups -OCH3 is 1. The normalized spacial score (nSPS) is 19.4. The number of allylic oxidation sites excluding steroid dienone is 5. The smallest absolute Gasteiger partial charge is 0.159 e. The summed E-state index contributed by atoms with van der Waals surface area (Å²) in [6, 6.07) is 3.38. The molecule has 1 aromatic rings. The Balaban J connectivity index is 1.83. The van der Waals surface area contributed by atoms with Crippen LogP contribution in [0.5, 0.6) is 11.5 Å². The topological polar surface area (TPSA) is 79.3 Å². The molecule has 1 aromatic carbocycles. The minimum absolute atomic E-state index is 0.0779. The number of aliphatic hydroxyl groups excluding tert-OH is 1. The molecule has 0 spiro atoms. The van der Waals surface area contributed by atoms with E-state index in [9.17, 15) is 15.0 Å². The molecule has 0 radical (unpaired) electrons. The third-order valence-corrected chi connectivity index (χ3v) is 6.20. The van der Waals surface area contributed by atoms with Gasteiger partial charge in [0.25, 0.3) is 0 Å². The summed E-state index contributed by atoms with van der Waals surface area (Å²) in [5.41, 5.74) is 4.64. The fourth-order valence-corrected chi connectivity index (χ4v) is 4.02. The molecule has 1 fully saturated rings. The van der Waals surface area contributed by atoms with E-state index in [0.29, 0.717) is 19.3 Å². The van der Waals surface area contributed by atoms with Crippen LogP contribution in [0, 0.1) is 6.92 Å². The second-order valence-electron chi connectivity index (χ2n) is 9.79. The first-order valence-electron chi connectivity index (χ1n) is 11.7. The van der Waals surface area contributed by atoms with Crippen LogP contribution < -0.4 is 4.74 Å². The van der Waals surface area contributed by atoms with Gasteiger partial charge in [-0.05, 0) is 90.2 Å². The van der Waals surface area contributed by atoms with Crippen molar-refractivity contribution >= 4 is 5.78 Å². The lowest BCUT2D eigenvalue weighted by molar-refractivity contribution is -0.114. The van der Waals surface area contributed by atoms with E-state index in [2.05, 4.69) is 6.08 Å². The molecule has 5 heteroatoms. The Kier molecular flexibility index (Phi) is 9.50. The van der Waals surface area contributed by atoms with Crippen LogP contribution >= 0.6 is 0 Å². The third kappa shape index (κ3) is 8.49. The predicted molar refractivity (Wildman–Crippen MR) is 133 cm³/mol. The van der Waals surface area contributed by atoms with E-state index in [0.717, 1.165) is 46.4 Å². The number of rotatable bonds is 12. The number of phenolic OH excluding ortho intramolecular Hbond substituents is 1. The molecule has 5 nitrogen and oxygen atoms in total. The van der Waals surface area contributed by atoms with Crippen molar-refractivity contribution in [2.45, 2.75) is 91.5 Å². The fraction of sp³-hybridized carbons (Fsp3) is 0.536. The Labute approximate surface area is 198 Å². The van der Waals surface area contributed by atoms with Gasteiger partial charge in [-0.3, -0.25) is 4.79 Å². The molecule has 2 rings (SSSR count). The summed E-state index contributed by atoms with van der Waals surface area (Å²) in [4.78, 5) is 12.4. The number of aryl methyl sites for hydroxylation is 1. The number of aliphatic hydroxyl groups is 1. The Morgan fingerprint density at radius 3 is 2.48 bits per heavy atom. The number of phenols is 1. The molecule has 2 atom stereocenters. The summed E-state index contributed by atoms with van der Waals surface area (Å²) in [6.07, 6.45) is 8.58. The molecular weight excluding hydrogens is 416 g/mol. The maximum absolute atomic E-state index is 12.4. The molecule has 2 N–H and O–H groups in total. The zero-order valence-electron chi connectivity index (χ0n) is 21.2. The van der Waals surface area contributed by atoms with E-state index in [4.69, 9.17) is 9.47 Å². The molecule has 33 heavy (non-hydrogen) atoms. The van der Waals surface area contributed by atoms with Crippen molar-refractivity contribution in [3.05, 3.63) is 58.2 Å². The number of hydrogen-bond donors (Lipinski definition) is 2. The molecule has 1 saturated heterocycles. The standard InChI is InChI=1S/C28H40O5/c1-18(9-8-10-20(3)25(31)17-26-28(5,6)33-26)13-23(29)14-19(2)11-12-22-16-24(30)15-21(4)27(22)32-7/h10-11,13,15-16,25-26,30-31H,8-9,12,14,17H2,1-7H3/b18-13-,19-11+,20-10+. The zero-order valence-corrected chi connectivity index (χ0v) is 21.2. The van der Waals surface area contributed by atoms with Crippen LogP contribution in [0.2, 0.25) is 0 Å². The molecule has 2 unspecified atom stereocenters. The zero-order chi connectivity index (χ0) is 24.8. The number of benzene rings is 1. The Bertz CT molecular complexity index is 936. The highest BCUT2D eigenvalue weighted by molar-refractivity contribution is 5.91. The van der Waals surface area contributed by atoms with Crippen LogP contribution in [-0.2, 0) is 16.0 Å². The van der Waals surface area contributed by atoms with E-state index < -0.39 is 6.10 Å². The van der Waals surface area contributed by atoms with E-state index in [-0.39, 0.29) is 23.2 Å². The molecule has 0 bridgehead atoms. The van der Waals surface area contributed by atoms with Crippen molar-refractivity contribution < 1.29 is 24.5 Å². The Hall–Kier alpha value is -2.37. The minimum Gasteiger partial charge on any atom is -0.508 e. The molecule has 0 amide bonds. The first-order valence-corrected chi connectivity index (χ1v) is 11.7. The van der Waals surface area contributed by atoms with Gasteiger partial charge in [0.05, 0.1) is 24.9 Å². The Morgan fingerprint density at radius 2 is 1.88 bits per heavy atom. The van der Waals surface area contributed by atoms with Gasteiger partial charge in [-0.25, -0.2) is 0 Å². The summed E-state index contributed by atoms with van der Waals surface area (Å²) in [6.45, 7) is 11.8. The highest BCUT2D eigenvalue weighted by atomic mass is 16.6. The summed E-state index contributed by atoms with van der Waals surface area (Å²) >= 11 is 0. The molecule has 1 aliphatic rings. The van der Waals surface area contributed by atoms with Gasteiger partial charge in [0.1, 0.15) is 11.5 Å². The van der Waals surface area contributed by atoms with Gasteiger partial charge in [0, 0.05) is 18.4 Å². The largest absolute Gasteiger partial charge is 0.508 e. The van der Waals surface area contributed by atoms with Crippen molar-refractivity contribution in [1.29, 1.82) is 0 Å². The second kappa shape index (κ2) is 11.7. The lowest BCUT2D eigenvalue weighted by Gasteiger charge is -2.11. The number of ether oxygens (including phenoxy) is 2. The van der Waals surface area contributed by atoms with Crippen LogP contribution in [-0.4, -0.2) is 40.9 Å². The minimum atomic E-state index is -0.482. The average molecular weight is 457 g/mol. The lowest BCUT2D eigenvalue weighted by atomic mass is 9.99. The van der Waals surface area contributed by atoms with E-state index in [1.807, 2.05) is 47.6 Å². The number of carbonyl (C=O) groups excluding carboxylic acids is 1. The van der Waals surface area contributed by atoms with Gasteiger partial charge in [-0.15, -0.1) is 0 Å². The molecule has 1 heterocycles. The molecular formula is C28H40O5. The van der Waals surface area contributed by atoms with Gasteiger partial charge in [0.2, 0.25) is 0 Å². The highest BCUT2D eigenvalue weighted by Gasteiger charge is 2.48. The molecule has 0 aliphatic carbocycles. The number of carbonyl (C=O) groups is 1. The number of ketones is 1. The molecule has 0 aromatic heterocycles. The van der Waals surface area contributed by atoms with Crippen molar-refractivity contribution in [2.75, 3.05) is 7.11 Å². The summed E-state index contributed by atoms with van der Waals surface area (Å²) in [7, 11) is 1.62. The second-order valence-corrected chi connectivity index (χ2v) is 9.79. The van der Waals surface area contributed by atoms with Crippen molar-refractivity contribution in [1.82, 2.24) is 0 Å². The Morgan fingerprint density at radius 1 is 1.21 bits per heavy atom. The summed E-state index contributed by atoms with van der Waals surface area (Å²) < 4.78 is 11.0. The molecule has 182 valence electrons. The van der Waals surface area contributed by atoms with Crippen molar-refractivity contribution in [3.63, 3.8) is 0 Å². The highest BCUT2D eigenvalue weighted by Crippen LogP contribution is 2.39. The predicted octanol–water partition coefficient (Wildman–Crippen LogP) is 5.76. The van der Waals surface area contributed by atoms with E-state index >= 15 is 0 Å². The SMILES string of the molecule is COc1c(C)cc(O)cc1C/C=C(\C)CC(=O)/C=C(/C)CC/C=C(\C)C(O)CC1OC1(C)C. The average Bonchev–Trinajstić information content (AvgIpc) is 3.31. The summed E-state index contributed by atoms with van der Waals surface area (Å²) in [5, 5.41) is 20.2. The van der Waals surface area contributed by atoms with Crippen molar-refractivity contribution in [3.8, 4) is 11.5 Å². The van der Waals surface area contributed by atoms with Crippen LogP contribution in [0.4, 0.5) is 0 Å². The van der Waals surface area contributed by atoms with Gasteiger partial charge < -0.3 is 19.7 Å². The third-order valence-electron chi connectivity index (χ3n) is 6.20. The van der Waals surface area contributed by atoms with Gasteiger partial charge in [-0.1, -0.05) is 23.3 Å². The monoisotopic (exact) mass is 456 g/mol. The number of hydrogen-bond acceptors (Lipinski definition) is 5. The lowest BCUT2D eigenvalue weighted by Crippen LogP contribution is -2.15. The van der Waals surface area contributed by atoms with Gasteiger partial charge >= 0.3 is 0 Å². The maximum Gasteiger partial charge on any atom is 0.159 e. The van der Waals surface area contributed by atoms with E-state index in [1.165, 1.54) is 0 Å². The van der Waals surface area contributed by atoms with E-state index in [1.54, 1.807) is 25.3 Å². The number of epoxide rings is 1. The number of aromatic hydroxyl groups is 1. The summed E-state index contributed by atoms with van der Waals surface area (Å²) in [5.74, 6) is 1.06. The maximum atomic E-state index is 12.4.